The van der Waals surface area contributed by atoms with E-state index in [1.165, 1.54) is 6.33 Å². The third-order valence-electron chi connectivity index (χ3n) is 2.57. The molecule has 0 fully saturated rings. The molecule has 2 rings (SSSR count). The summed E-state index contributed by atoms with van der Waals surface area (Å²) in [7, 11) is 1.78. The summed E-state index contributed by atoms with van der Waals surface area (Å²) in [5.74, 6) is 0.767. The molecule has 2 aromatic rings. The van der Waals surface area contributed by atoms with Gasteiger partial charge >= 0.3 is 0 Å². The summed E-state index contributed by atoms with van der Waals surface area (Å²) in [4.78, 5) is 22.5. The van der Waals surface area contributed by atoms with Crippen LogP contribution in [-0.4, -0.2) is 40.9 Å². The van der Waals surface area contributed by atoms with Crippen LogP contribution in [0.3, 0.4) is 0 Å². The molecular weight excluding hydrogens is 236 g/mol. The Kier molecular flexibility index (Phi) is 3.53. The monoisotopic (exact) mass is 250 g/mol. The highest BCUT2D eigenvalue weighted by Crippen LogP contribution is 2.23. The summed E-state index contributed by atoms with van der Waals surface area (Å²) >= 11 is 1.56. The van der Waals surface area contributed by atoms with E-state index in [4.69, 9.17) is 0 Å². The second-order valence-corrected chi connectivity index (χ2v) is 4.52. The van der Waals surface area contributed by atoms with Gasteiger partial charge in [0, 0.05) is 13.6 Å². The number of hydrogen-bond acceptors (Lipinski definition) is 5. The third kappa shape index (κ3) is 2.52. The van der Waals surface area contributed by atoms with Crippen molar-refractivity contribution in [1.29, 1.82) is 0 Å². The van der Waals surface area contributed by atoms with Crippen molar-refractivity contribution in [3.63, 3.8) is 0 Å². The highest BCUT2D eigenvalue weighted by atomic mass is 32.1. The number of nitrogens with one attached hydrogen (secondary N) is 1. The van der Waals surface area contributed by atoms with Crippen LogP contribution in [0.5, 0.6) is 0 Å². The van der Waals surface area contributed by atoms with E-state index in [-0.39, 0.29) is 12.5 Å². The molecule has 1 N–H and O–H groups in total. The molecule has 0 saturated heterocycles. The fourth-order valence-corrected chi connectivity index (χ4v) is 2.13. The first-order valence-corrected chi connectivity index (χ1v) is 6.26. The molecule has 1 amide bonds. The molecule has 0 radical (unpaired) electrons. The van der Waals surface area contributed by atoms with Crippen LogP contribution in [-0.2, 0) is 4.79 Å². The molecule has 0 atom stereocenters. The van der Waals surface area contributed by atoms with Gasteiger partial charge < -0.3 is 10.2 Å². The molecule has 0 saturated carbocycles. The number of hydrogen-bond donors (Lipinski definition) is 1. The van der Waals surface area contributed by atoms with E-state index in [9.17, 15) is 4.79 Å². The Labute approximate surface area is 103 Å². The van der Waals surface area contributed by atoms with Gasteiger partial charge in [0.25, 0.3) is 0 Å². The molecule has 0 aromatic carbocycles. The van der Waals surface area contributed by atoms with Crippen molar-refractivity contribution in [2.45, 2.75) is 6.92 Å². The van der Waals surface area contributed by atoms with E-state index < -0.39 is 0 Å². The number of likely N-dealkylation sites (N-methyl/N-ethyl adjacent to an activating group) is 1. The number of thiophene rings is 1. The first kappa shape index (κ1) is 11.8. The Morgan fingerprint density at radius 3 is 3.12 bits per heavy atom. The van der Waals surface area contributed by atoms with Gasteiger partial charge in [-0.2, -0.15) is 0 Å². The molecule has 0 spiro atoms. The van der Waals surface area contributed by atoms with E-state index in [2.05, 4.69) is 15.3 Å². The van der Waals surface area contributed by atoms with Gasteiger partial charge in [-0.15, -0.1) is 11.3 Å². The van der Waals surface area contributed by atoms with Crippen LogP contribution < -0.4 is 5.32 Å². The van der Waals surface area contributed by atoms with Gasteiger partial charge in [-0.1, -0.05) is 0 Å². The van der Waals surface area contributed by atoms with E-state index >= 15 is 0 Å². The molecular formula is C11H14N4OS. The van der Waals surface area contributed by atoms with Gasteiger partial charge in [-0.05, 0) is 18.4 Å². The zero-order valence-corrected chi connectivity index (χ0v) is 10.6. The number of anilines is 1. The minimum absolute atomic E-state index is 0.0505. The van der Waals surface area contributed by atoms with Gasteiger partial charge in [-0.3, -0.25) is 4.79 Å². The van der Waals surface area contributed by atoms with Crippen molar-refractivity contribution in [3.05, 3.63) is 17.8 Å². The van der Waals surface area contributed by atoms with Crippen molar-refractivity contribution in [2.75, 3.05) is 25.5 Å². The van der Waals surface area contributed by atoms with E-state index in [0.29, 0.717) is 12.4 Å². The lowest BCUT2D eigenvalue weighted by atomic mass is 10.3. The Morgan fingerprint density at radius 1 is 1.53 bits per heavy atom. The molecule has 2 aromatic heterocycles. The lowest BCUT2D eigenvalue weighted by molar-refractivity contribution is -0.127. The van der Waals surface area contributed by atoms with Crippen molar-refractivity contribution in [3.8, 4) is 0 Å². The summed E-state index contributed by atoms with van der Waals surface area (Å²) in [6.07, 6.45) is 1.51. The predicted octanol–water partition coefficient (Wildman–Crippen LogP) is 1.58. The number of nitrogens with zero attached hydrogens (tertiary/aromatic N) is 3. The van der Waals surface area contributed by atoms with Gasteiger partial charge in [0.15, 0.2) is 0 Å². The fourth-order valence-electron chi connectivity index (χ4n) is 1.40. The third-order valence-corrected chi connectivity index (χ3v) is 3.39. The molecule has 6 heteroatoms. The molecule has 90 valence electrons. The number of fused-ring (bicyclic) bond motifs is 1. The minimum atomic E-state index is 0.0505. The molecule has 17 heavy (non-hydrogen) atoms. The number of aromatic nitrogens is 2. The van der Waals surface area contributed by atoms with Crippen LogP contribution in [0.15, 0.2) is 17.8 Å². The quantitative estimate of drug-likeness (QED) is 0.895. The minimum Gasteiger partial charge on any atom is -0.360 e. The highest BCUT2D eigenvalue weighted by Gasteiger charge is 2.08. The number of carbonyl (C=O) groups is 1. The Morgan fingerprint density at radius 2 is 2.35 bits per heavy atom. The maximum Gasteiger partial charge on any atom is 0.241 e. The van der Waals surface area contributed by atoms with Crippen molar-refractivity contribution >= 4 is 33.3 Å². The second kappa shape index (κ2) is 5.09. The maximum atomic E-state index is 11.6. The van der Waals surface area contributed by atoms with Gasteiger partial charge in [0.1, 0.15) is 17.0 Å². The fraction of sp³-hybridized carbons (Fsp3) is 0.364. The highest BCUT2D eigenvalue weighted by molar-refractivity contribution is 7.16. The summed E-state index contributed by atoms with van der Waals surface area (Å²) in [6.45, 7) is 2.91. The predicted molar refractivity (Wildman–Crippen MR) is 69.2 cm³/mol. The van der Waals surface area contributed by atoms with E-state index in [1.54, 1.807) is 23.3 Å². The molecule has 0 bridgehead atoms. The lowest BCUT2D eigenvalue weighted by Gasteiger charge is -2.15. The van der Waals surface area contributed by atoms with Crippen LogP contribution in [0.2, 0.25) is 0 Å². The molecule has 0 aliphatic heterocycles. The van der Waals surface area contributed by atoms with E-state index in [0.717, 1.165) is 10.2 Å². The average Bonchev–Trinajstić information content (AvgIpc) is 2.83. The topological polar surface area (TPSA) is 58.1 Å². The Bertz CT molecular complexity index is 525. The first-order valence-electron chi connectivity index (χ1n) is 5.38. The van der Waals surface area contributed by atoms with Crippen molar-refractivity contribution < 1.29 is 4.79 Å². The van der Waals surface area contributed by atoms with Crippen LogP contribution >= 0.6 is 11.3 Å². The number of carbonyl (C=O) groups excluding carboxylic acids is 1. The van der Waals surface area contributed by atoms with Crippen LogP contribution in [0, 0.1) is 0 Å². The van der Waals surface area contributed by atoms with Crippen LogP contribution in [0.1, 0.15) is 6.92 Å². The van der Waals surface area contributed by atoms with Crippen LogP contribution in [0.25, 0.3) is 10.2 Å². The Hall–Kier alpha value is -1.69. The smallest absolute Gasteiger partial charge is 0.241 e. The van der Waals surface area contributed by atoms with Gasteiger partial charge in [-0.25, -0.2) is 9.97 Å². The van der Waals surface area contributed by atoms with Crippen LogP contribution in [0.4, 0.5) is 5.82 Å². The summed E-state index contributed by atoms with van der Waals surface area (Å²) in [6, 6.07) is 1.95. The van der Waals surface area contributed by atoms with Crippen molar-refractivity contribution in [1.82, 2.24) is 14.9 Å². The maximum absolute atomic E-state index is 11.6. The summed E-state index contributed by atoms with van der Waals surface area (Å²) in [5, 5.41) is 5.98. The molecule has 5 nitrogen and oxygen atoms in total. The normalized spacial score (nSPS) is 10.5. The molecule has 2 heterocycles. The molecule has 0 aliphatic rings. The van der Waals surface area contributed by atoms with Gasteiger partial charge in [0.2, 0.25) is 5.91 Å². The summed E-state index contributed by atoms with van der Waals surface area (Å²) in [5.41, 5.74) is 0. The first-order chi connectivity index (χ1) is 8.22. The van der Waals surface area contributed by atoms with Crippen molar-refractivity contribution in [2.24, 2.45) is 0 Å². The number of amides is 1. The Balaban J connectivity index is 2.09. The van der Waals surface area contributed by atoms with Gasteiger partial charge in [0.05, 0.1) is 11.9 Å². The SMILES string of the molecule is CCN(C)C(=O)CNc1ncnc2sccc12. The zero-order valence-electron chi connectivity index (χ0n) is 9.80. The summed E-state index contributed by atoms with van der Waals surface area (Å²) < 4.78 is 0. The number of rotatable bonds is 4. The zero-order chi connectivity index (χ0) is 12.3. The standard InChI is InChI=1S/C11H14N4OS/c1-3-15(2)9(16)6-12-10-8-4-5-17-11(8)14-7-13-10/h4-5,7H,3,6H2,1-2H3,(H,12,13,14). The largest absolute Gasteiger partial charge is 0.360 e. The average molecular weight is 250 g/mol. The lowest BCUT2D eigenvalue weighted by Crippen LogP contribution is -2.32. The molecule has 0 aliphatic carbocycles. The molecule has 0 unspecified atom stereocenters. The second-order valence-electron chi connectivity index (χ2n) is 3.62. The van der Waals surface area contributed by atoms with E-state index in [1.807, 2.05) is 18.4 Å².